The molecule has 0 spiro atoms. The van der Waals surface area contributed by atoms with Gasteiger partial charge >= 0.3 is 0 Å². The zero-order chi connectivity index (χ0) is 13.0. The second-order valence-electron chi connectivity index (χ2n) is 6.62. The minimum Gasteiger partial charge on any atom is -0.394 e. The molecule has 1 saturated heterocycles. The van der Waals surface area contributed by atoms with Crippen LogP contribution in [-0.4, -0.2) is 47.8 Å². The number of aliphatic hydroxyl groups excluding tert-OH is 1. The van der Waals surface area contributed by atoms with E-state index in [1.807, 2.05) is 0 Å². The summed E-state index contributed by atoms with van der Waals surface area (Å²) in [5.41, 5.74) is -0.104. The Morgan fingerprint density at radius 3 is 2.61 bits per heavy atom. The first-order valence-electron chi connectivity index (χ1n) is 7.76. The summed E-state index contributed by atoms with van der Waals surface area (Å²) in [5.74, 6) is 0.923. The standard InChI is InChI=1S/C15H30N2O/c1-3-13-5-4-9-17(10-8-13)11-15(2,12-18)16-14-6-7-14/h13-14,16,18H,3-12H2,1-2H3. The highest BCUT2D eigenvalue weighted by Gasteiger charge is 2.33. The van der Waals surface area contributed by atoms with E-state index in [0.29, 0.717) is 6.04 Å². The number of hydrogen-bond donors (Lipinski definition) is 2. The number of likely N-dealkylation sites (tertiary alicyclic amines) is 1. The Bertz CT molecular complexity index is 255. The van der Waals surface area contributed by atoms with Crippen LogP contribution in [0.4, 0.5) is 0 Å². The Hall–Kier alpha value is -0.120. The smallest absolute Gasteiger partial charge is 0.0623 e. The monoisotopic (exact) mass is 254 g/mol. The molecule has 2 fully saturated rings. The summed E-state index contributed by atoms with van der Waals surface area (Å²) >= 11 is 0. The van der Waals surface area contributed by atoms with Gasteiger partial charge in [0.1, 0.15) is 0 Å². The third-order valence-electron chi connectivity index (χ3n) is 4.57. The van der Waals surface area contributed by atoms with Crippen molar-refractivity contribution in [1.29, 1.82) is 0 Å². The zero-order valence-corrected chi connectivity index (χ0v) is 12.1. The van der Waals surface area contributed by atoms with Gasteiger partial charge in [-0.05, 0) is 58.0 Å². The molecule has 2 rings (SSSR count). The van der Waals surface area contributed by atoms with Gasteiger partial charge in [0.2, 0.25) is 0 Å². The molecule has 0 radical (unpaired) electrons. The van der Waals surface area contributed by atoms with Gasteiger partial charge in [-0.15, -0.1) is 0 Å². The Labute approximate surface area is 112 Å². The second-order valence-corrected chi connectivity index (χ2v) is 6.62. The molecule has 1 aliphatic carbocycles. The topological polar surface area (TPSA) is 35.5 Å². The van der Waals surface area contributed by atoms with E-state index in [9.17, 15) is 5.11 Å². The van der Waals surface area contributed by atoms with Gasteiger partial charge < -0.3 is 15.3 Å². The maximum absolute atomic E-state index is 9.67. The predicted octanol–water partition coefficient (Wildman–Crippen LogP) is 2.00. The highest BCUT2D eigenvalue weighted by Crippen LogP contribution is 2.25. The van der Waals surface area contributed by atoms with Gasteiger partial charge in [-0.25, -0.2) is 0 Å². The van der Waals surface area contributed by atoms with Crippen molar-refractivity contribution in [2.24, 2.45) is 5.92 Å². The summed E-state index contributed by atoms with van der Waals surface area (Å²) in [6, 6.07) is 0.664. The first-order valence-corrected chi connectivity index (χ1v) is 7.76. The third kappa shape index (κ3) is 4.22. The van der Waals surface area contributed by atoms with Crippen molar-refractivity contribution in [3.05, 3.63) is 0 Å². The van der Waals surface area contributed by atoms with Gasteiger partial charge in [-0.3, -0.25) is 0 Å². The third-order valence-corrected chi connectivity index (χ3v) is 4.57. The van der Waals surface area contributed by atoms with Crippen LogP contribution in [0.1, 0.15) is 52.4 Å². The maximum atomic E-state index is 9.67. The summed E-state index contributed by atoms with van der Waals surface area (Å²) < 4.78 is 0. The molecule has 18 heavy (non-hydrogen) atoms. The molecule has 2 aliphatic rings. The Morgan fingerprint density at radius 1 is 1.22 bits per heavy atom. The molecule has 106 valence electrons. The summed E-state index contributed by atoms with van der Waals surface area (Å²) in [4.78, 5) is 2.56. The fraction of sp³-hybridized carbons (Fsp3) is 1.00. The van der Waals surface area contributed by atoms with Crippen LogP contribution < -0.4 is 5.32 Å². The molecule has 1 saturated carbocycles. The minimum atomic E-state index is -0.104. The van der Waals surface area contributed by atoms with Crippen LogP contribution in [0.25, 0.3) is 0 Å². The van der Waals surface area contributed by atoms with Gasteiger partial charge in [-0.1, -0.05) is 13.3 Å². The van der Waals surface area contributed by atoms with Gasteiger partial charge in [0.05, 0.1) is 12.1 Å². The lowest BCUT2D eigenvalue weighted by molar-refractivity contribution is 0.119. The van der Waals surface area contributed by atoms with Crippen molar-refractivity contribution in [2.45, 2.75) is 64.0 Å². The highest BCUT2D eigenvalue weighted by atomic mass is 16.3. The van der Waals surface area contributed by atoms with Crippen LogP contribution in [-0.2, 0) is 0 Å². The quantitative estimate of drug-likeness (QED) is 0.761. The average Bonchev–Trinajstić information content (AvgIpc) is 3.17. The molecule has 0 amide bonds. The Kier molecular flexibility index (Phi) is 5.05. The van der Waals surface area contributed by atoms with Crippen LogP contribution in [0.15, 0.2) is 0 Å². The molecule has 3 heteroatoms. The van der Waals surface area contributed by atoms with Crippen LogP contribution >= 0.6 is 0 Å². The van der Waals surface area contributed by atoms with Crippen molar-refractivity contribution in [2.75, 3.05) is 26.2 Å². The molecule has 0 aromatic heterocycles. The van der Waals surface area contributed by atoms with Gasteiger partial charge in [-0.2, -0.15) is 0 Å². The van der Waals surface area contributed by atoms with Crippen molar-refractivity contribution in [3.63, 3.8) is 0 Å². The van der Waals surface area contributed by atoms with Crippen LogP contribution in [0.2, 0.25) is 0 Å². The van der Waals surface area contributed by atoms with Crippen molar-refractivity contribution in [1.82, 2.24) is 10.2 Å². The lowest BCUT2D eigenvalue weighted by Gasteiger charge is -2.35. The van der Waals surface area contributed by atoms with E-state index in [2.05, 4.69) is 24.1 Å². The molecule has 0 bridgehead atoms. The van der Waals surface area contributed by atoms with Gasteiger partial charge in [0, 0.05) is 12.6 Å². The molecular weight excluding hydrogens is 224 g/mol. The van der Waals surface area contributed by atoms with E-state index < -0.39 is 0 Å². The largest absolute Gasteiger partial charge is 0.394 e. The number of nitrogens with one attached hydrogen (secondary N) is 1. The van der Waals surface area contributed by atoms with Crippen LogP contribution in [0.5, 0.6) is 0 Å². The predicted molar refractivity (Wildman–Crippen MR) is 75.7 cm³/mol. The lowest BCUT2D eigenvalue weighted by Crippen LogP contribution is -2.55. The van der Waals surface area contributed by atoms with E-state index in [-0.39, 0.29) is 12.1 Å². The molecule has 2 N–H and O–H groups in total. The van der Waals surface area contributed by atoms with Crippen molar-refractivity contribution in [3.8, 4) is 0 Å². The van der Waals surface area contributed by atoms with Crippen molar-refractivity contribution < 1.29 is 5.11 Å². The summed E-state index contributed by atoms with van der Waals surface area (Å²) in [7, 11) is 0. The molecule has 0 aromatic carbocycles. The van der Waals surface area contributed by atoms with E-state index in [0.717, 1.165) is 12.5 Å². The minimum absolute atomic E-state index is 0.104. The summed E-state index contributed by atoms with van der Waals surface area (Å²) in [6.45, 7) is 8.15. The van der Waals surface area contributed by atoms with Gasteiger partial charge in [0.25, 0.3) is 0 Å². The normalized spacial score (nSPS) is 29.8. The summed E-state index contributed by atoms with van der Waals surface area (Å²) in [5, 5.41) is 13.3. The molecule has 1 heterocycles. The lowest BCUT2D eigenvalue weighted by atomic mass is 9.98. The Morgan fingerprint density at radius 2 is 2.00 bits per heavy atom. The fourth-order valence-electron chi connectivity index (χ4n) is 3.15. The summed E-state index contributed by atoms with van der Waals surface area (Å²) in [6.07, 6.45) is 7.94. The van der Waals surface area contributed by atoms with Crippen molar-refractivity contribution >= 4 is 0 Å². The number of hydrogen-bond acceptors (Lipinski definition) is 3. The van der Waals surface area contributed by atoms with Crippen LogP contribution in [0.3, 0.4) is 0 Å². The zero-order valence-electron chi connectivity index (χ0n) is 12.1. The average molecular weight is 254 g/mol. The molecule has 3 nitrogen and oxygen atoms in total. The maximum Gasteiger partial charge on any atom is 0.0623 e. The fourth-order valence-corrected chi connectivity index (χ4v) is 3.15. The molecule has 2 unspecified atom stereocenters. The molecule has 0 aromatic rings. The Balaban J connectivity index is 1.82. The van der Waals surface area contributed by atoms with E-state index >= 15 is 0 Å². The SMILES string of the molecule is CCC1CCCN(CC(C)(CO)NC2CC2)CC1. The first-order chi connectivity index (χ1) is 8.65. The number of nitrogens with zero attached hydrogens (tertiary/aromatic N) is 1. The van der Waals surface area contributed by atoms with Crippen LogP contribution in [0, 0.1) is 5.92 Å². The number of aliphatic hydroxyl groups is 1. The highest BCUT2D eigenvalue weighted by molar-refractivity contribution is 4.94. The number of rotatable bonds is 6. The van der Waals surface area contributed by atoms with Gasteiger partial charge in [0.15, 0.2) is 0 Å². The van der Waals surface area contributed by atoms with E-state index in [1.165, 1.54) is 51.6 Å². The molecule has 1 aliphatic heterocycles. The molecular formula is C15H30N2O. The second kappa shape index (κ2) is 6.36. The first kappa shape index (κ1) is 14.3. The van der Waals surface area contributed by atoms with E-state index in [4.69, 9.17) is 0 Å². The van der Waals surface area contributed by atoms with E-state index in [1.54, 1.807) is 0 Å². The molecule has 2 atom stereocenters.